The lowest BCUT2D eigenvalue weighted by Crippen LogP contribution is -2.43. The molecular weight excluding hydrogens is 277 g/mol. The first kappa shape index (κ1) is 17.1. The van der Waals surface area contributed by atoms with Gasteiger partial charge in [0.1, 0.15) is 15.7 Å². The molecule has 20 heavy (non-hydrogen) atoms. The highest BCUT2D eigenvalue weighted by Gasteiger charge is 2.30. The normalized spacial score (nSPS) is 14.2. The van der Waals surface area contributed by atoms with Gasteiger partial charge in [-0.05, 0) is 37.6 Å². The number of rotatable bonds is 7. The minimum absolute atomic E-state index is 0.134. The summed E-state index contributed by atoms with van der Waals surface area (Å²) in [4.78, 5) is 0. The van der Waals surface area contributed by atoms with Crippen LogP contribution in [0.2, 0.25) is 0 Å². The molecule has 0 radical (unpaired) electrons. The Labute approximate surface area is 121 Å². The summed E-state index contributed by atoms with van der Waals surface area (Å²) in [6, 6.07) is 6.63. The van der Waals surface area contributed by atoms with Crippen LogP contribution in [0, 0.1) is 5.82 Å². The molecule has 1 atom stereocenters. The fourth-order valence-electron chi connectivity index (χ4n) is 2.50. The summed E-state index contributed by atoms with van der Waals surface area (Å²) >= 11 is 0. The van der Waals surface area contributed by atoms with Gasteiger partial charge in [-0.3, -0.25) is 0 Å². The maximum absolute atomic E-state index is 13.0. The van der Waals surface area contributed by atoms with Crippen molar-refractivity contribution in [2.75, 3.05) is 19.1 Å². The van der Waals surface area contributed by atoms with Crippen molar-refractivity contribution in [3.05, 3.63) is 35.6 Å². The number of hydrogen-bond donors (Lipinski definition) is 1. The van der Waals surface area contributed by atoms with Gasteiger partial charge < -0.3 is 5.32 Å². The highest BCUT2D eigenvalue weighted by molar-refractivity contribution is 7.90. The average Bonchev–Trinajstić information content (AvgIpc) is 2.33. The Bertz CT molecular complexity index is 523. The van der Waals surface area contributed by atoms with Gasteiger partial charge >= 0.3 is 0 Å². The van der Waals surface area contributed by atoms with E-state index in [0.29, 0.717) is 6.42 Å². The molecule has 1 unspecified atom stereocenters. The largest absolute Gasteiger partial charge is 0.316 e. The summed E-state index contributed by atoms with van der Waals surface area (Å²) < 4.78 is 35.4. The molecule has 0 aliphatic carbocycles. The molecule has 5 heteroatoms. The van der Waals surface area contributed by atoms with E-state index >= 15 is 0 Å². The zero-order valence-electron chi connectivity index (χ0n) is 12.6. The molecule has 0 aliphatic rings. The highest BCUT2D eigenvalue weighted by Crippen LogP contribution is 2.29. The number of nitrogens with one attached hydrogen (secondary N) is 1. The van der Waals surface area contributed by atoms with Crippen LogP contribution < -0.4 is 5.32 Å². The quantitative estimate of drug-likeness (QED) is 0.842. The predicted octanol–water partition coefficient (Wildman–Crippen LogP) is 2.52. The van der Waals surface area contributed by atoms with Gasteiger partial charge in [0.05, 0.1) is 0 Å². The van der Waals surface area contributed by atoms with Crippen molar-refractivity contribution in [1.29, 1.82) is 0 Å². The van der Waals surface area contributed by atoms with Gasteiger partial charge in [0, 0.05) is 23.5 Å². The highest BCUT2D eigenvalue weighted by atomic mass is 32.2. The lowest BCUT2D eigenvalue weighted by Gasteiger charge is -2.35. The van der Waals surface area contributed by atoms with Crippen LogP contribution in [0.1, 0.15) is 32.3 Å². The van der Waals surface area contributed by atoms with Crippen LogP contribution in [0.15, 0.2) is 24.3 Å². The molecule has 0 amide bonds. The van der Waals surface area contributed by atoms with Crippen molar-refractivity contribution in [1.82, 2.24) is 5.32 Å². The van der Waals surface area contributed by atoms with Crippen molar-refractivity contribution in [3.63, 3.8) is 0 Å². The standard InChI is InChI=1S/C15H24FNO2S/c1-15(2,12-7-9-13(16)10-8-12)14(17-3)6-5-11-20(4,18)19/h7-10,14,17H,5-6,11H2,1-4H3. The smallest absolute Gasteiger partial charge is 0.147 e. The lowest BCUT2D eigenvalue weighted by molar-refractivity contribution is 0.338. The van der Waals surface area contributed by atoms with Gasteiger partial charge in [0.15, 0.2) is 0 Å². The molecule has 1 rings (SSSR count). The van der Waals surface area contributed by atoms with Crippen LogP contribution in [0.4, 0.5) is 4.39 Å². The minimum Gasteiger partial charge on any atom is -0.316 e. The first-order valence-electron chi connectivity index (χ1n) is 6.78. The van der Waals surface area contributed by atoms with Crippen LogP contribution in [-0.2, 0) is 15.3 Å². The first-order valence-corrected chi connectivity index (χ1v) is 8.84. The molecular formula is C15H24FNO2S. The van der Waals surface area contributed by atoms with Crippen LogP contribution in [-0.4, -0.2) is 33.5 Å². The molecule has 0 saturated carbocycles. The van der Waals surface area contributed by atoms with E-state index in [9.17, 15) is 12.8 Å². The second-order valence-corrected chi connectivity index (χ2v) is 8.10. The summed E-state index contributed by atoms with van der Waals surface area (Å²) in [6.45, 7) is 4.17. The molecule has 0 spiro atoms. The third-order valence-electron chi connectivity index (χ3n) is 3.82. The molecule has 0 heterocycles. The Balaban J connectivity index is 2.78. The fraction of sp³-hybridized carbons (Fsp3) is 0.600. The number of sulfone groups is 1. The summed E-state index contributed by atoms with van der Waals surface area (Å²) in [5.74, 6) is -0.0485. The third-order valence-corrected chi connectivity index (χ3v) is 4.85. The third kappa shape index (κ3) is 4.87. The van der Waals surface area contributed by atoms with Gasteiger partial charge in [-0.15, -0.1) is 0 Å². The zero-order valence-corrected chi connectivity index (χ0v) is 13.4. The number of likely N-dealkylation sites (N-methyl/N-ethyl adjacent to an activating group) is 1. The zero-order chi connectivity index (χ0) is 15.4. The Kier molecular flexibility index (Phi) is 5.71. The minimum atomic E-state index is -2.92. The number of benzene rings is 1. The van der Waals surface area contributed by atoms with Gasteiger partial charge in [0.2, 0.25) is 0 Å². The molecule has 1 aromatic rings. The van der Waals surface area contributed by atoms with E-state index in [-0.39, 0.29) is 23.0 Å². The number of halogens is 1. The topological polar surface area (TPSA) is 46.2 Å². The second-order valence-electron chi connectivity index (χ2n) is 5.84. The molecule has 1 N–H and O–H groups in total. The predicted molar refractivity (Wildman–Crippen MR) is 81.2 cm³/mol. The SMILES string of the molecule is CNC(CCCS(C)(=O)=O)C(C)(C)c1ccc(F)cc1. The molecule has 1 aromatic carbocycles. The Hall–Kier alpha value is -0.940. The van der Waals surface area contributed by atoms with Gasteiger partial charge in [-0.1, -0.05) is 26.0 Å². The van der Waals surface area contributed by atoms with Crippen LogP contribution >= 0.6 is 0 Å². The van der Waals surface area contributed by atoms with Crippen molar-refractivity contribution < 1.29 is 12.8 Å². The molecule has 0 aromatic heterocycles. The van der Waals surface area contributed by atoms with Crippen molar-refractivity contribution in [2.24, 2.45) is 0 Å². The van der Waals surface area contributed by atoms with Crippen molar-refractivity contribution in [3.8, 4) is 0 Å². The van der Waals surface area contributed by atoms with Crippen LogP contribution in [0.5, 0.6) is 0 Å². The fourth-order valence-corrected chi connectivity index (χ4v) is 3.19. The Morgan fingerprint density at radius 2 is 1.80 bits per heavy atom. The van der Waals surface area contributed by atoms with E-state index in [1.54, 1.807) is 12.1 Å². The van der Waals surface area contributed by atoms with Gasteiger partial charge in [0.25, 0.3) is 0 Å². The second kappa shape index (κ2) is 6.68. The van der Waals surface area contributed by atoms with Gasteiger partial charge in [-0.2, -0.15) is 0 Å². The Morgan fingerprint density at radius 1 is 1.25 bits per heavy atom. The number of hydrogen-bond acceptors (Lipinski definition) is 3. The summed E-state index contributed by atoms with van der Waals surface area (Å²) in [5.41, 5.74) is 0.845. The average molecular weight is 301 g/mol. The van der Waals surface area contributed by atoms with E-state index in [2.05, 4.69) is 19.2 Å². The van der Waals surface area contributed by atoms with Crippen LogP contribution in [0.3, 0.4) is 0 Å². The molecule has 0 aliphatic heterocycles. The summed E-state index contributed by atoms with van der Waals surface area (Å²) in [6.07, 6.45) is 2.63. The van der Waals surface area contributed by atoms with E-state index in [4.69, 9.17) is 0 Å². The van der Waals surface area contributed by atoms with E-state index in [0.717, 1.165) is 12.0 Å². The molecule has 0 bridgehead atoms. The first-order chi connectivity index (χ1) is 9.16. The van der Waals surface area contributed by atoms with Crippen molar-refractivity contribution >= 4 is 9.84 Å². The van der Waals surface area contributed by atoms with E-state index in [1.807, 2.05) is 7.05 Å². The lowest BCUT2D eigenvalue weighted by atomic mass is 9.76. The van der Waals surface area contributed by atoms with Gasteiger partial charge in [-0.25, -0.2) is 12.8 Å². The maximum atomic E-state index is 13.0. The molecule has 0 fully saturated rings. The van der Waals surface area contributed by atoms with Crippen LogP contribution in [0.25, 0.3) is 0 Å². The molecule has 0 saturated heterocycles. The van der Waals surface area contributed by atoms with E-state index in [1.165, 1.54) is 18.4 Å². The summed E-state index contributed by atoms with van der Waals surface area (Å²) in [5, 5.41) is 3.25. The maximum Gasteiger partial charge on any atom is 0.147 e. The Morgan fingerprint density at radius 3 is 2.25 bits per heavy atom. The van der Waals surface area contributed by atoms with E-state index < -0.39 is 9.84 Å². The van der Waals surface area contributed by atoms with Crippen molar-refractivity contribution in [2.45, 2.75) is 38.1 Å². The molecule has 114 valence electrons. The summed E-state index contributed by atoms with van der Waals surface area (Å²) in [7, 11) is -1.05. The monoisotopic (exact) mass is 301 g/mol. The molecule has 3 nitrogen and oxygen atoms in total.